The maximum atomic E-state index is 14.2. The zero-order chi connectivity index (χ0) is 38.7. The van der Waals surface area contributed by atoms with Crippen molar-refractivity contribution in [1.82, 2.24) is 9.80 Å². The van der Waals surface area contributed by atoms with E-state index in [1.54, 1.807) is 28.1 Å². The molecule has 0 bridgehead atoms. The number of aliphatic hydroxyl groups excluding tert-OH is 1. The number of hydrogen-bond donors (Lipinski definition) is 3. The predicted octanol–water partition coefficient (Wildman–Crippen LogP) is 1.93. The van der Waals surface area contributed by atoms with E-state index in [0.29, 0.717) is 9.80 Å². The van der Waals surface area contributed by atoms with Crippen molar-refractivity contribution < 1.29 is 75.7 Å². The molecule has 0 fully saturated rings. The lowest BCUT2D eigenvalue weighted by Gasteiger charge is -2.41. The minimum Gasteiger partial charge on any atom is -0.442 e. The first-order valence-electron chi connectivity index (χ1n) is 15.0. The standard InChI is InChI=1S/C27H47FN3O14P.C2H6O/c1-10-20(32)31(13-40-25(36)21(29)16(2)3)26(37)30(9)27(8,38)22(33)19(11-28)12-43-46(39,44-14-41-23(34)17(4)5)45-15-42-24(35)18(6)7;1-3-2/h10,16-19,21-22,33,38H,1,11-15,29H2,2-9H3;1-2H3/t19?,21?,22-,27-;/m1./s1. The van der Waals surface area contributed by atoms with Gasteiger partial charge in [0.2, 0.25) is 13.6 Å². The van der Waals surface area contributed by atoms with Crippen LogP contribution in [0.15, 0.2) is 12.7 Å². The van der Waals surface area contributed by atoms with Crippen molar-refractivity contribution >= 4 is 37.7 Å². The molecule has 18 nitrogen and oxygen atoms in total. The molecule has 0 aromatic carbocycles. The van der Waals surface area contributed by atoms with Crippen molar-refractivity contribution in [2.75, 3.05) is 54.9 Å². The number of alkyl halides is 1. The second kappa shape index (κ2) is 23.4. The average Bonchev–Trinajstić information content (AvgIpc) is 3.03. The van der Waals surface area contributed by atoms with E-state index in [1.807, 2.05) is 0 Å². The largest absolute Gasteiger partial charge is 0.480 e. The molecule has 0 saturated heterocycles. The lowest BCUT2D eigenvalue weighted by Crippen LogP contribution is -2.61. The summed E-state index contributed by atoms with van der Waals surface area (Å²) in [6, 6.07) is -2.37. The van der Waals surface area contributed by atoms with E-state index in [0.717, 1.165) is 20.0 Å². The molecule has 4 N–H and O–H groups in total. The van der Waals surface area contributed by atoms with Crippen LogP contribution < -0.4 is 5.73 Å². The molecule has 4 atom stereocenters. The van der Waals surface area contributed by atoms with E-state index in [1.165, 1.54) is 27.7 Å². The average molecular weight is 734 g/mol. The summed E-state index contributed by atoms with van der Waals surface area (Å²) >= 11 is 0. The van der Waals surface area contributed by atoms with Crippen molar-refractivity contribution in [3.8, 4) is 0 Å². The monoisotopic (exact) mass is 733 g/mol. The molecule has 0 heterocycles. The van der Waals surface area contributed by atoms with Crippen molar-refractivity contribution in [3.63, 3.8) is 0 Å². The Balaban J connectivity index is 0. The Labute approximate surface area is 286 Å². The van der Waals surface area contributed by atoms with Crippen molar-refractivity contribution in [1.29, 1.82) is 0 Å². The van der Waals surface area contributed by atoms with Crippen LogP contribution in [-0.2, 0) is 56.3 Å². The summed E-state index contributed by atoms with van der Waals surface area (Å²) in [5.74, 6) is -6.67. The number of likely N-dealkylation sites (N-methyl/N-ethyl adjacent to an activating group) is 1. The molecular formula is C29H53FN3O15P. The van der Waals surface area contributed by atoms with E-state index in [9.17, 15) is 43.1 Å². The highest BCUT2D eigenvalue weighted by Gasteiger charge is 2.45. The fourth-order valence-corrected chi connectivity index (χ4v) is 3.95. The van der Waals surface area contributed by atoms with E-state index in [4.69, 9.17) is 33.5 Å². The molecule has 0 saturated carbocycles. The highest BCUT2D eigenvalue weighted by atomic mass is 31.2. The van der Waals surface area contributed by atoms with Crippen LogP contribution >= 0.6 is 7.82 Å². The summed E-state index contributed by atoms with van der Waals surface area (Å²) in [4.78, 5) is 62.0. The minimum absolute atomic E-state index is 0.332. The van der Waals surface area contributed by atoms with Gasteiger partial charge in [0.15, 0.2) is 12.5 Å². The Morgan fingerprint density at radius 1 is 0.918 bits per heavy atom. The number of carbonyl (C=O) groups is 5. The molecule has 0 aliphatic rings. The number of aliphatic hydroxyl groups is 2. The van der Waals surface area contributed by atoms with Crippen LogP contribution in [0.2, 0.25) is 0 Å². The first kappa shape index (κ1) is 48.1. The van der Waals surface area contributed by atoms with Gasteiger partial charge in [-0.15, -0.1) is 0 Å². The number of methoxy groups -OCH3 is 1. The number of amides is 3. The number of ether oxygens (including phenoxy) is 4. The number of hydrogen-bond acceptors (Lipinski definition) is 16. The summed E-state index contributed by atoms with van der Waals surface area (Å²) in [5, 5.41) is 22.0. The molecule has 0 radical (unpaired) electrons. The van der Waals surface area contributed by atoms with Crippen molar-refractivity contribution in [2.45, 2.75) is 66.3 Å². The maximum Gasteiger partial charge on any atom is 0.480 e. The quantitative estimate of drug-likeness (QED) is 0.0532. The van der Waals surface area contributed by atoms with E-state index in [2.05, 4.69) is 11.3 Å². The summed E-state index contributed by atoms with van der Waals surface area (Å²) in [5.41, 5.74) is 3.08. The summed E-state index contributed by atoms with van der Waals surface area (Å²) < 4.78 is 61.1. The zero-order valence-corrected chi connectivity index (χ0v) is 30.7. The lowest BCUT2D eigenvalue weighted by molar-refractivity contribution is -0.172. The topological polar surface area (TPSA) is 240 Å². The first-order chi connectivity index (χ1) is 22.6. The van der Waals surface area contributed by atoms with Crippen LogP contribution in [0, 0.1) is 23.7 Å². The van der Waals surface area contributed by atoms with E-state index >= 15 is 0 Å². The smallest absolute Gasteiger partial charge is 0.442 e. The van der Waals surface area contributed by atoms with Gasteiger partial charge in [-0.2, -0.15) is 0 Å². The molecule has 3 amide bonds. The molecule has 0 aromatic heterocycles. The third kappa shape index (κ3) is 17.0. The Hall–Kier alpha value is -3.03. The van der Waals surface area contributed by atoms with Gasteiger partial charge in [-0.25, -0.2) is 23.3 Å². The maximum absolute atomic E-state index is 14.2. The van der Waals surface area contributed by atoms with Crippen LogP contribution in [0.5, 0.6) is 0 Å². The summed E-state index contributed by atoms with van der Waals surface area (Å²) in [7, 11) is -0.574. The predicted molar refractivity (Wildman–Crippen MR) is 170 cm³/mol. The van der Waals surface area contributed by atoms with Gasteiger partial charge in [-0.3, -0.25) is 33.0 Å². The van der Waals surface area contributed by atoms with Gasteiger partial charge in [-0.1, -0.05) is 48.1 Å². The molecule has 0 aliphatic carbocycles. The minimum atomic E-state index is -4.78. The van der Waals surface area contributed by atoms with Gasteiger partial charge in [0.05, 0.1) is 25.1 Å². The second-order valence-electron chi connectivity index (χ2n) is 11.5. The first-order valence-corrected chi connectivity index (χ1v) is 16.4. The molecule has 286 valence electrons. The van der Waals surface area contributed by atoms with Crippen LogP contribution in [-0.4, -0.2) is 123 Å². The number of carbonyl (C=O) groups excluding carboxylic acids is 5. The van der Waals surface area contributed by atoms with E-state index < -0.39 is 107 Å². The highest BCUT2D eigenvalue weighted by Crippen LogP contribution is 2.50. The Morgan fingerprint density at radius 2 is 1.37 bits per heavy atom. The van der Waals surface area contributed by atoms with Crippen LogP contribution in [0.25, 0.3) is 0 Å². The van der Waals surface area contributed by atoms with Gasteiger partial charge < -0.3 is 34.9 Å². The highest BCUT2D eigenvalue weighted by molar-refractivity contribution is 7.48. The molecule has 20 heteroatoms. The number of esters is 3. The van der Waals surface area contributed by atoms with E-state index in [-0.39, 0.29) is 5.92 Å². The fourth-order valence-electron chi connectivity index (χ4n) is 2.99. The fraction of sp³-hybridized carbons (Fsp3) is 0.759. The molecule has 0 aromatic rings. The number of halogens is 1. The molecule has 0 aliphatic heterocycles. The van der Waals surface area contributed by atoms with Gasteiger partial charge >= 0.3 is 31.8 Å². The summed E-state index contributed by atoms with van der Waals surface area (Å²) in [6.07, 6.45) is -1.46. The van der Waals surface area contributed by atoms with Crippen molar-refractivity contribution in [3.05, 3.63) is 12.7 Å². The number of phosphoric ester groups is 1. The van der Waals surface area contributed by atoms with Crippen LogP contribution in [0.1, 0.15) is 48.5 Å². The number of imide groups is 1. The zero-order valence-electron chi connectivity index (χ0n) is 29.8. The Kier molecular flexibility index (Phi) is 23.0. The molecule has 0 spiro atoms. The third-order valence-corrected chi connectivity index (χ3v) is 7.69. The number of nitrogens with two attached hydrogens (primary N) is 1. The molecule has 0 rings (SSSR count). The Morgan fingerprint density at radius 3 is 1.73 bits per heavy atom. The number of rotatable bonds is 20. The lowest BCUT2D eigenvalue weighted by atomic mass is 9.95. The molecular weight excluding hydrogens is 680 g/mol. The third-order valence-electron chi connectivity index (χ3n) is 6.38. The molecule has 2 unspecified atom stereocenters. The van der Waals surface area contributed by atoms with Crippen LogP contribution in [0.3, 0.4) is 0 Å². The SMILES string of the molecule is C=CC(=O)N(COC(=O)C(N)C(C)C)C(=O)N(C)[C@](C)(O)[C@H](O)C(CF)COP(=O)(OCOC(=O)C(C)C)OCOC(=O)C(C)C.COC. The molecule has 49 heavy (non-hydrogen) atoms. The second-order valence-corrected chi connectivity index (χ2v) is 13.2. The number of phosphoric acid groups is 1. The number of urea groups is 1. The van der Waals surface area contributed by atoms with Crippen molar-refractivity contribution in [2.24, 2.45) is 29.4 Å². The van der Waals surface area contributed by atoms with Gasteiger partial charge in [0, 0.05) is 27.2 Å². The summed E-state index contributed by atoms with van der Waals surface area (Å²) in [6.45, 7) is 8.29. The number of nitrogens with zero attached hydrogens (tertiary/aromatic N) is 2. The van der Waals surface area contributed by atoms with Gasteiger partial charge in [-0.05, 0) is 18.9 Å². The normalized spacial score (nSPS) is 14.5. The van der Waals surface area contributed by atoms with Crippen LogP contribution in [0.4, 0.5) is 9.18 Å². The Bertz CT molecular complexity index is 1090. The van der Waals surface area contributed by atoms with Gasteiger partial charge in [0.25, 0.3) is 5.91 Å². The van der Waals surface area contributed by atoms with Gasteiger partial charge in [0.1, 0.15) is 12.1 Å².